The van der Waals surface area contributed by atoms with E-state index in [0.717, 1.165) is 0 Å². The Hall–Kier alpha value is -1.17. The van der Waals surface area contributed by atoms with Gasteiger partial charge in [-0.1, -0.05) is 0 Å². The molecule has 62 valence electrons. The van der Waals surface area contributed by atoms with Crippen LogP contribution in [0, 0.1) is 25.0 Å². The fourth-order valence-electron chi connectivity index (χ4n) is 0.722. The molecule has 0 bridgehead atoms. The Bertz CT molecular complexity index is 378. The molecule has 0 aliphatic carbocycles. The predicted molar refractivity (Wildman–Crippen MR) is 47.3 cm³/mol. The number of nitrogens with zero attached hydrogens (tertiary/aromatic N) is 4. The van der Waals surface area contributed by atoms with Crippen molar-refractivity contribution in [2.24, 2.45) is 7.05 Å². The first-order valence-corrected chi connectivity index (χ1v) is 3.92. The van der Waals surface area contributed by atoms with Gasteiger partial charge in [0.2, 0.25) is 0 Å². The van der Waals surface area contributed by atoms with Gasteiger partial charge >= 0.3 is 5.82 Å². The second-order valence-corrected chi connectivity index (χ2v) is 3.06. The van der Waals surface area contributed by atoms with E-state index in [0.29, 0.717) is 0 Å². The summed E-state index contributed by atoms with van der Waals surface area (Å²) in [6, 6.07) is 1.83. The number of nitriles is 1. The molecule has 0 atom stereocenters. The Morgan fingerprint density at radius 2 is 2.42 bits per heavy atom. The van der Waals surface area contributed by atoms with Crippen molar-refractivity contribution in [2.75, 3.05) is 0 Å². The van der Waals surface area contributed by atoms with Crippen molar-refractivity contribution in [3.05, 3.63) is 19.4 Å². The summed E-state index contributed by atoms with van der Waals surface area (Å²) in [7, 11) is 1.49. The lowest BCUT2D eigenvalue weighted by Gasteiger charge is -1.85. The average molecular weight is 278 g/mol. The molecule has 0 radical (unpaired) electrons. The van der Waals surface area contributed by atoms with Crippen LogP contribution in [0.5, 0.6) is 0 Å². The fourth-order valence-corrected chi connectivity index (χ4v) is 1.50. The Balaban J connectivity index is 3.39. The number of halogens is 1. The van der Waals surface area contributed by atoms with E-state index in [1.165, 1.54) is 11.7 Å². The largest absolute Gasteiger partial charge is 0.404 e. The molecule has 0 amide bonds. The molecule has 0 unspecified atom stereocenters. The molecule has 6 nitrogen and oxygen atoms in total. The van der Waals surface area contributed by atoms with E-state index in [1.807, 2.05) is 6.07 Å². The summed E-state index contributed by atoms with van der Waals surface area (Å²) in [6.45, 7) is 0. The van der Waals surface area contributed by atoms with E-state index in [4.69, 9.17) is 5.26 Å². The lowest BCUT2D eigenvalue weighted by molar-refractivity contribution is -0.390. The fraction of sp³-hybridized carbons (Fsp3) is 0.200. The third kappa shape index (κ3) is 1.25. The molecule has 0 saturated heterocycles. The first-order valence-electron chi connectivity index (χ1n) is 2.85. The van der Waals surface area contributed by atoms with Crippen LogP contribution in [0.2, 0.25) is 0 Å². The Kier molecular flexibility index (Phi) is 2.27. The van der Waals surface area contributed by atoms with Gasteiger partial charge in [0.05, 0.1) is 12.1 Å². The third-order valence-electron chi connectivity index (χ3n) is 1.25. The smallest absolute Gasteiger partial charge is 0.358 e. The van der Waals surface area contributed by atoms with Gasteiger partial charge < -0.3 is 10.1 Å². The Morgan fingerprint density at radius 3 is 2.67 bits per heavy atom. The molecule has 0 N–H and O–H groups in total. The number of hydrogen-bond donors (Lipinski definition) is 0. The minimum Gasteiger partial charge on any atom is -0.358 e. The first kappa shape index (κ1) is 8.92. The molecular weight excluding hydrogens is 275 g/mol. The van der Waals surface area contributed by atoms with E-state index < -0.39 is 4.92 Å². The predicted octanol–water partition coefficient (Wildman–Crippen LogP) is 0.805. The minimum absolute atomic E-state index is 0.210. The summed E-state index contributed by atoms with van der Waals surface area (Å²) in [4.78, 5) is 9.71. The van der Waals surface area contributed by atoms with Crippen LogP contribution in [0.25, 0.3) is 0 Å². The van der Waals surface area contributed by atoms with Crippen LogP contribution in [-0.2, 0) is 7.05 Å². The maximum Gasteiger partial charge on any atom is 0.404 e. The molecule has 0 aliphatic heterocycles. The summed E-state index contributed by atoms with van der Waals surface area (Å²) >= 11 is 1.73. The topological polar surface area (TPSA) is 84.8 Å². The van der Waals surface area contributed by atoms with E-state index in [1.54, 1.807) is 22.6 Å². The molecule has 1 rings (SSSR count). The number of hydrogen-bond acceptors (Lipinski definition) is 4. The highest BCUT2D eigenvalue weighted by Crippen LogP contribution is 2.21. The lowest BCUT2D eigenvalue weighted by Crippen LogP contribution is -1.94. The van der Waals surface area contributed by atoms with Crippen LogP contribution in [0.4, 0.5) is 5.82 Å². The third-order valence-corrected chi connectivity index (χ3v) is 2.24. The van der Waals surface area contributed by atoms with E-state index in [-0.39, 0.29) is 15.1 Å². The number of aryl methyl sites for hydroxylation is 1. The van der Waals surface area contributed by atoms with Gasteiger partial charge in [0, 0.05) is 0 Å². The Labute approximate surface area is 81.1 Å². The summed E-state index contributed by atoms with van der Waals surface area (Å²) in [6.07, 6.45) is 0. The van der Waals surface area contributed by atoms with E-state index >= 15 is 0 Å². The van der Waals surface area contributed by atoms with E-state index in [2.05, 4.69) is 5.10 Å². The second-order valence-electron chi connectivity index (χ2n) is 1.98. The van der Waals surface area contributed by atoms with Gasteiger partial charge in [0.15, 0.2) is 9.26 Å². The van der Waals surface area contributed by atoms with Crippen molar-refractivity contribution >= 4 is 28.4 Å². The lowest BCUT2D eigenvalue weighted by atomic mass is 10.4. The molecule has 0 fully saturated rings. The standard InChI is InChI=1S/C5H3IN4O2/c1-9-3(2-7)4(6)5(8-9)10(11)12/h1H3. The maximum absolute atomic E-state index is 10.3. The van der Waals surface area contributed by atoms with Crippen molar-refractivity contribution in [1.29, 1.82) is 5.26 Å². The van der Waals surface area contributed by atoms with Gasteiger partial charge in [-0.3, -0.25) is 0 Å². The Morgan fingerprint density at radius 1 is 1.83 bits per heavy atom. The monoisotopic (exact) mass is 278 g/mol. The van der Waals surface area contributed by atoms with Crippen LogP contribution < -0.4 is 0 Å². The molecule has 1 aromatic rings. The minimum atomic E-state index is -0.609. The van der Waals surface area contributed by atoms with Crippen LogP contribution in [0.1, 0.15) is 5.69 Å². The van der Waals surface area contributed by atoms with Crippen molar-refractivity contribution in [1.82, 2.24) is 9.78 Å². The van der Waals surface area contributed by atoms with Crippen LogP contribution >= 0.6 is 22.6 Å². The van der Waals surface area contributed by atoms with Gasteiger partial charge in [-0.2, -0.15) is 9.94 Å². The van der Waals surface area contributed by atoms with Gasteiger partial charge in [-0.25, -0.2) is 0 Å². The second kappa shape index (κ2) is 3.06. The van der Waals surface area contributed by atoms with Crippen molar-refractivity contribution in [3.63, 3.8) is 0 Å². The maximum atomic E-state index is 10.3. The SMILES string of the molecule is Cn1nc([N+](=O)[O-])c(I)c1C#N. The van der Waals surface area contributed by atoms with Gasteiger partial charge in [-0.15, -0.1) is 0 Å². The van der Waals surface area contributed by atoms with Gasteiger partial charge in [0.25, 0.3) is 0 Å². The van der Waals surface area contributed by atoms with Crippen molar-refractivity contribution in [2.45, 2.75) is 0 Å². The zero-order valence-corrected chi connectivity index (χ0v) is 8.14. The summed E-state index contributed by atoms with van der Waals surface area (Å²) < 4.78 is 1.47. The number of nitro groups is 1. The number of rotatable bonds is 1. The highest BCUT2D eigenvalue weighted by Gasteiger charge is 2.23. The van der Waals surface area contributed by atoms with Crippen molar-refractivity contribution in [3.8, 4) is 6.07 Å². The highest BCUT2D eigenvalue weighted by molar-refractivity contribution is 14.1. The molecule has 0 aliphatic rings. The normalized spacial score (nSPS) is 9.42. The van der Waals surface area contributed by atoms with Gasteiger partial charge in [-0.05, 0) is 27.5 Å². The van der Waals surface area contributed by atoms with E-state index in [9.17, 15) is 10.1 Å². The zero-order valence-electron chi connectivity index (χ0n) is 5.98. The molecule has 12 heavy (non-hydrogen) atoms. The van der Waals surface area contributed by atoms with Crippen molar-refractivity contribution < 1.29 is 4.92 Å². The molecule has 1 heterocycles. The molecule has 0 aromatic carbocycles. The average Bonchev–Trinajstić information content (AvgIpc) is 2.27. The summed E-state index contributed by atoms with van der Waals surface area (Å²) in [5.74, 6) is -0.269. The molecule has 1 aromatic heterocycles. The van der Waals surface area contributed by atoms with Crippen LogP contribution in [-0.4, -0.2) is 14.7 Å². The molecular formula is C5H3IN4O2. The molecule has 0 spiro atoms. The van der Waals surface area contributed by atoms with Crippen LogP contribution in [0.15, 0.2) is 0 Å². The zero-order chi connectivity index (χ0) is 9.30. The number of aromatic nitrogens is 2. The summed E-state index contributed by atoms with van der Waals surface area (Å²) in [5.41, 5.74) is 0.210. The van der Waals surface area contributed by atoms with Gasteiger partial charge in [0.1, 0.15) is 6.07 Å². The van der Waals surface area contributed by atoms with Crippen LogP contribution in [0.3, 0.4) is 0 Å². The first-order chi connectivity index (χ1) is 5.57. The summed E-state index contributed by atoms with van der Waals surface area (Å²) in [5, 5.41) is 22.4. The quantitative estimate of drug-likeness (QED) is 0.432. The molecule has 7 heteroatoms. The highest BCUT2D eigenvalue weighted by atomic mass is 127. The molecule has 0 saturated carbocycles.